The number of nitrogens with one attached hydrogen (secondary N) is 1. The zero-order valence-electron chi connectivity index (χ0n) is 14.0. The lowest BCUT2D eigenvalue weighted by molar-refractivity contribution is -0.146. The fraction of sp³-hybridized carbons (Fsp3) is 0.500. The van der Waals surface area contributed by atoms with Gasteiger partial charge in [0.1, 0.15) is 5.92 Å². The van der Waals surface area contributed by atoms with Gasteiger partial charge >= 0.3 is 12.0 Å². The van der Waals surface area contributed by atoms with Gasteiger partial charge in [-0.3, -0.25) is 4.79 Å². The molecule has 1 N–H and O–H groups in total. The number of hydrogen-bond donors (Lipinski definition) is 1. The molecule has 1 aliphatic heterocycles. The van der Waals surface area contributed by atoms with Crippen molar-refractivity contribution in [3.05, 3.63) is 35.4 Å². The van der Waals surface area contributed by atoms with Crippen LogP contribution in [0.4, 0.5) is 4.79 Å². The lowest BCUT2D eigenvalue weighted by atomic mass is 9.85. The molecule has 0 aromatic heterocycles. The number of carbonyl (C=O) groups is 2. The van der Waals surface area contributed by atoms with Crippen LogP contribution in [0.15, 0.2) is 29.3 Å². The Bertz CT molecular complexity index is 593. The van der Waals surface area contributed by atoms with Gasteiger partial charge in [-0.05, 0) is 30.9 Å². The van der Waals surface area contributed by atoms with Crippen LogP contribution in [0.25, 0.3) is 0 Å². The van der Waals surface area contributed by atoms with E-state index in [0.717, 1.165) is 18.4 Å². The molecule has 5 nitrogen and oxygen atoms in total. The highest BCUT2D eigenvalue weighted by atomic mass is 16.5. The molecule has 0 saturated carbocycles. The zero-order valence-corrected chi connectivity index (χ0v) is 14.0. The average molecular weight is 316 g/mol. The summed E-state index contributed by atoms with van der Waals surface area (Å²) in [6.45, 7) is 6.18. The molecule has 0 radical (unpaired) electrons. The van der Waals surface area contributed by atoms with Crippen LogP contribution in [0, 0.1) is 5.92 Å². The molecule has 0 spiro atoms. The molecule has 0 bridgehead atoms. The molecular formula is C18H24N2O3. The van der Waals surface area contributed by atoms with E-state index in [1.165, 1.54) is 5.56 Å². The molecule has 0 aliphatic carbocycles. The summed E-state index contributed by atoms with van der Waals surface area (Å²) in [5.41, 5.74) is 2.72. The van der Waals surface area contributed by atoms with Gasteiger partial charge in [-0.15, -0.1) is 0 Å². The molecule has 1 heterocycles. The number of esters is 1. The van der Waals surface area contributed by atoms with Crippen molar-refractivity contribution in [1.82, 2.24) is 5.32 Å². The Hall–Kier alpha value is -2.17. The van der Waals surface area contributed by atoms with Gasteiger partial charge in [-0.2, -0.15) is 0 Å². The second kappa shape index (κ2) is 7.90. The van der Waals surface area contributed by atoms with Gasteiger partial charge in [-0.25, -0.2) is 9.79 Å². The molecule has 124 valence electrons. The third-order valence-electron chi connectivity index (χ3n) is 4.01. The predicted octanol–water partition coefficient (Wildman–Crippen LogP) is 3.43. The Balaban J connectivity index is 2.38. The summed E-state index contributed by atoms with van der Waals surface area (Å²) < 4.78 is 5.22. The highest BCUT2D eigenvalue weighted by Crippen LogP contribution is 2.30. The fourth-order valence-electron chi connectivity index (χ4n) is 2.85. The van der Waals surface area contributed by atoms with Crippen LogP contribution in [0.2, 0.25) is 0 Å². The Labute approximate surface area is 137 Å². The largest absolute Gasteiger partial charge is 0.465 e. The SMILES string of the molecule is CCCC1=NC(=O)NC(c2ccc(CC)cc2)C1C(=O)OCC. The van der Waals surface area contributed by atoms with Crippen LogP contribution in [0.1, 0.15) is 50.8 Å². The van der Waals surface area contributed by atoms with Crippen molar-refractivity contribution in [2.75, 3.05) is 6.61 Å². The first-order chi connectivity index (χ1) is 11.1. The van der Waals surface area contributed by atoms with Crippen molar-refractivity contribution in [2.45, 2.75) is 46.1 Å². The number of nitrogens with zero attached hydrogens (tertiary/aromatic N) is 1. The topological polar surface area (TPSA) is 67.8 Å². The standard InChI is InChI=1S/C18H24N2O3/c1-4-7-14-15(17(21)23-6-3)16(20-18(22)19-14)13-10-8-12(5-2)9-11-13/h8-11,15-16H,4-7H2,1-3H3,(H,20,22). The second-order valence-electron chi connectivity index (χ2n) is 5.61. The molecular weight excluding hydrogens is 292 g/mol. The van der Waals surface area contributed by atoms with E-state index in [2.05, 4.69) is 17.2 Å². The van der Waals surface area contributed by atoms with Gasteiger partial charge in [0.25, 0.3) is 0 Å². The molecule has 1 aromatic rings. The molecule has 23 heavy (non-hydrogen) atoms. The lowest BCUT2D eigenvalue weighted by Gasteiger charge is -2.31. The maximum atomic E-state index is 12.4. The van der Waals surface area contributed by atoms with Gasteiger partial charge < -0.3 is 10.1 Å². The molecule has 2 amide bonds. The molecule has 2 rings (SSSR count). The third-order valence-corrected chi connectivity index (χ3v) is 4.01. The maximum Gasteiger partial charge on any atom is 0.341 e. The van der Waals surface area contributed by atoms with Crippen LogP contribution in [0.5, 0.6) is 0 Å². The van der Waals surface area contributed by atoms with Crippen LogP contribution in [-0.2, 0) is 16.0 Å². The maximum absolute atomic E-state index is 12.4. The number of aryl methyl sites for hydroxylation is 1. The number of urea groups is 1. The Morgan fingerprint density at radius 1 is 1.22 bits per heavy atom. The molecule has 0 saturated heterocycles. The van der Waals surface area contributed by atoms with E-state index in [4.69, 9.17) is 4.74 Å². The summed E-state index contributed by atoms with van der Waals surface area (Å²) in [6, 6.07) is 7.16. The van der Waals surface area contributed by atoms with Gasteiger partial charge in [0.15, 0.2) is 0 Å². The molecule has 1 aliphatic rings. The minimum atomic E-state index is -0.555. The fourth-order valence-corrected chi connectivity index (χ4v) is 2.85. The van der Waals surface area contributed by atoms with Crippen LogP contribution < -0.4 is 5.32 Å². The zero-order chi connectivity index (χ0) is 16.8. The lowest BCUT2D eigenvalue weighted by Crippen LogP contribution is -2.45. The van der Waals surface area contributed by atoms with Crippen LogP contribution in [-0.4, -0.2) is 24.3 Å². The third kappa shape index (κ3) is 3.97. The van der Waals surface area contributed by atoms with Crippen LogP contribution >= 0.6 is 0 Å². The van der Waals surface area contributed by atoms with Crippen molar-refractivity contribution < 1.29 is 14.3 Å². The first-order valence-electron chi connectivity index (χ1n) is 8.24. The highest BCUT2D eigenvalue weighted by molar-refractivity contribution is 6.09. The van der Waals surface area contributed by atoms with Crippen molar-refractivity contribution in [3.63, 3.8) is 0 Å². The minimum Gasteiger partial charge on any atom is -0.465 e. The normalized spacial score (nSPS) is 20.7. The van der Waals surface area contributed by atoms with Gasteiger partial charge in [-0.1, -0.05) is 44.5 Å². The number of benzene rings is 1. The van der Waals surface area contributed by atoms with E-state index in [0.29, 0.717) is 18.7 Å². The van der Waals surface area contributed by atoms with E-state index in [1.54, 1.807) is 6.92 Å². The number of amides is 2. The summed E-state index contributed by atoms with van der Waals surface area (Å²) in [4.78, 5) is 28.4. The van der Waals surface area contributed by atoms with E-state index < -0.39 is 18.0 Å². The number of carbonyl (C=O) groups excluding carboxylic acids is 2. The summed E-state index contributed by atoms with van der Waals surface area (Å²) in [6.07, 6.45) is 2.38. The first kappa shape index (κ1) is 17.2. The summed E-state index contributed by atoms with van der Waals surface area (Å²) in [5.74, 6) is -0.885. The second-order valence-corrected chi connectivity index (χ2v) is 5.61. The number of aliphatic imine (C=N–C) groups is 1. The summed E-state index contributed by atoms with van der Waals surface area (Å²) in [5, 5.41) is 2.82. The molecule has 2 atom stereocenters. The molecule has 2 unspecified atom stereocenters. The summed E-state index contributed by atoms with van der Waals surface area (Å²) >= 11 is 0. The Kier molecular flexibility index (Phi) is 5.90. The first-order valence-corrected chi connectivity index (χ1v) is 8.24. The van der Waals surface area contributed by atoms with Gasteiger partial charge in [0.05, 0.1) is 12.6 Å². The highest BCUT2D eigenvalue weighted by Gasteiger charge is 2.39. The van der Waals surface area contributed by atoms with Crippen molar-refractivity contribution in [1.29, 1.82) is 0 Å². The van der Waals surface area contributed by atoms with E-state index in [-0.39, 0.29) is 5.97 Å². The van der Waals surface area contributed by atoms with Crippen molar-refractivity contribution in [3.8, 4) is 0 Å². The predicted molar refractivity (Wildman–Crippen MR) is 89.6 cm³/mol. The molecule has 5 heteroatoms. The van der Waals surface area contributed by atoms with E-state index in [9.17, 15) is 9.59 Å². The van der Waals surface area contributed by atoms with Gasteiger partial charge in [0.2, 0.25) is 0 Å². The monoisotopic (exact) mass is 316 g/mol. The molecule has 0 fully saturated rings. The quantitative estimate of drug-likeness (QED) is 0.818. The summed E-state index contributed by atoms with van der Waals surface area (Å²) in [7, 11) is 0. The van der Waals surface area contributed by atoms with Crippen molar-refractivity contribution >= 4 is 17.7 Å². The molecule has 1 aromatic carbocycles. The number of ether oxygens (including phenoxy) is 1. The Morgan fingerprint density at radius 2 is 1.91 bits per heavy atom. The van der Waals surface area contributed by atoms with E-state index in [1.807, 2.05) is 31.2 Å². The average Bonchev–Trinajstić information content (AvgIpc) is 2.55. The number of rotatable bonds is 6. The van der Waals surface area contributed by atoms with Crippen LogP contribution in [0.3, 0.4) is 0 Å². The number of hydrogen-bond acceptors (Lipinski definition) is 3. The van der Waals surface area contributed by atoms with Crippen molar-refractivity contribution in [2.24, 2.45) is 10.9 Å². The Morgan fingerprint density at radius 3 is 2.48 bits per heavy atom. The minimum absolute atomic E-state index is 0.310. The van der Waals surface area contributed by atoms with Gasteiger partial charge in [0, 0.05) is 5.71 Å². The van der Waals surface area contributed by atoms with E-state index >= 15 is 0 Å². The smallest absolute Gasteiger partial charge is 0.341 e.